The Morgan fingerprint density at radius 1 is 1.15 bits per heavy atom. The number of fused-ring (bicyclic) bond motifs is 3. The van der Waals surface area contributed by atoms with E-state index in [1.54, 1.807) is 0 Å². The molecule has 0 unspecified atom stereocenters. The van der Waals surface area contributed by atoms with Gasteiger partial charge in [-0.2, -0.15) is 5.10 Å². The molecular weight excluding hydrogens is 252 g/mol. The van der Waals surface area contributed by atoms with Crippen LogP contribution in [0.2, 0.25) is 0 Å². The second-order valence-electron chi connectivity index (χ2n) is 6.22. The van der Waals surface area contributed by atoms with E-state index in [0.29, 0.717) is 6.04 Å². The average molecular weight is 272 g/mol. The minimum atomic E-state index is 0.230. The standard InChI is InChI=1S/C15H20N4O/c1-17-8-10(9-17)19-14-13(7-16-18(14)2)11-5-3-4-6-12(11)15(19)20/h7,10H,3-6,8-9H2,1-2H3. The highest BCUT2D eigenvalue weighted by Crippen LogP contribution is 2.29. The molecule has 5 nitrogen and oxygen atoms in total. The quantitative estimate of drug-likeness (QED) is 0.781. The lowest BCUT2D eigenvalue weighted by Gasteiger charge is -2.38. The number of likely N-dealkylation sites (N-methyl/N-ethyl adjacent to an activating group) is 1. The van der Waals surface area contributed by atoms with Crippen LogP contribution in [0.3, 0.4) is 0 Å². The van der Waals surface area contributed by atoms with Gasteiger partial charge in [-0.05, 0) is 38.3 Å². The summed E-state index contributed by atoms with van der Waals surface area (Å²) in [6, 6.07) is 0.303. The Hall–Kier alpha value is -1.62. The molecule has 0 aromatic carbocycles. The number of nitrogens with zero attached hydrogens (tertiary/aromatic N) is 4. The monoisotopic (exact) mass is 272 g/mol. The maximum atomic E-state index is 12.9. The van der Waals surface area contributed by atoms with Gasteiger partial charge in [0.05, 0.1) is 12.2 Å². The third-order valence-corrected chi connectivity index (χ3v) is 4.82. The van der Waals surface area contributed by atoms with Crippen molar-refractivity contribution in [1.29, 1.82) is 0 Å². The normalized spacial score (nSPS) is 20.1. The highest BCUT2D eigenvalue weighted by atomic mass is 16.1. The molecule has 1 saturated heterocycles. The van der Waals surface area contributed by atoms with Gasteiger partial charge in [-0.25, -0.2) is 0 Å². The zero-order valence-electron chi connectivity index (χ0n) is 12.1. The van der Waals surface area contributed by atoms with E-state index < -0.39 is 0 Å². The first-order valence-corrected chi connectivity index (χ1v) is 7.43. The van der Waals surface area contributed by atoms with Crippen molar-refractivity contribution < 1.29 is 0 Å². The van der Waals surface area contributed by atoms with E-state index in [9.17, 15) is 4.79 Å². The van der Waals surface area contributed by atoms with Gasteiger partial charge in [0.25, 0.3) is 5.56 Å². The summed E-state index contributed by atoms with van der Waals surface area (Å²) < 4.78 is 3.87. The Kier molecular flexibility index (Phi) is 2.54. The van der Waals surface area contributed by atoms with Crippen molar-refractivity contribution in [3.63, 3.8) is 0 Å². The van der Waals surface area contributed by atoms with Crippen LogP contribution in [0.5, 0.6) is 0 Å². The minimum Gasteiger partial charge on any atom is -0.302 e. The fraction of sp³-hybridized carbons (Fsp3) is 0.600. The fourth-order valence-corrected chi connectivity index (χ4v) is 3.78. The van der Waals surface area contributed by atoms with Crippen LogP contribution in [0.4, 0.5) is 0 Å². The second-order valence-corrected chi connectivity index (χ2v) is 6.22. The Bertz CT molecular complexity index is 736. The fourth-order valence-electron chi connectivity index (χ4n) is 3.78. The minimum absolute atomic E-state index is 0.230. The SMILES string of the molecule is CN1CC(n2c(=O)c3c(c4cnn(C)c42)CCCC3)C1. The molecule has 0 radical (unpaired) electrons. The van der Waals surface area contributed by atoms with E-state index >= 15 is 0 Å². The topological polar surface area (TPSA) is 43.1 Å². The van der Waals surface area contributed by atoms with Crippen LogP contribution in [0.25, 0.3) is 11.0 Å². The summed E-state index contributed by atoms with van der Waals surface area (Å²) in [5, 5.41) is 5.60. The molecule has 0 atom stereocenters. The van der Waals surface area contributed by atoms with Gasteiger partial charge in [0.15, 0.2) is 0 Å². The summed E-state index contributed by atoms with van der Waals surface area (Å²) in [5.74, 6) is 0. The van der Waals surface area contributed by atoms with Crippen LogP contribution in [0.15, 0.2) is 11.0 Å². The van der Waals surface area contributed by atoms with Crippen molar-refractivity contribution in [2.75, 3.05) is 20.1 Å². The van der Waals surface area contributed by atoms with E-state index in [-0.39, 0.29) is 5.56 Å². The number of aromatic nitrogens is 3. The lowest BCUT2D eigenvalue weighted by atomic mass is 9.90. The van der Waals surface area contributed by atoms with E-state index in [2.05, 4.69) is 17.0 Å². The number of hydrogen-bond donors (Lipinski definition) is 0. The molecule has 1 aliphatic carbocycles. The van der Waals surface area contributed by atoms with Gasteiger partial charge >= 0.3 is 0 Å². The third-order valence-electron chi connectivity index (χ3n) is 4.82. The molecule has 1 aliphatic heterocycles. The number of pyridine rings is 1. The summed E-state index contributed by atoms with van der Waals surface area (Å²) in [4.78, 5) is 15.2. The molecule has 2 aromatic rings. The number of likely N-dealkylation sites (tertiary alicyclic amines) is 1. The van der Waals surface area contributed by atoms with Crippen LogP contribution in [0, 0.1) is 0 Å². The highest BCUT2D eigenvalue weighted by Gasteiger charge is 2.30. The maximum absolute atomic E-state index is 12.9. The Morgan fingerprint density at radius 3 is 2.55 bits per heavy atom. The van der Waals surface area contributed by atoms with E-state index in [1.807, 2.05) is 22.5 Å². The van der Waals surface area contributed by atoms with Gasteiger partial charge in [-0.3, -0.25) is 14.0 Å². The van der Waals surface area contributed by atoms with Crippen molar-refractivity contribution in [1.82, 2.24) is 19.2 Å². The summed E-state index contributed by atoms with van der Waals surface area (Å²) in [7, 11) is 4.04. The summed E-state index contributed by atoms with van der Waals surface area (Å²) in [5.41, 5.74) is 3.54. The summed E-state index contributed by atoms with van der Waals surface area (Å²) in [6.07, 6.45) is 6.22. The van der Waals surface area contributed by atoms with Gasteiger partial charge in [-0.1, -0.05) is 0 Å². The molecule has 1 fully saturated rings. The lowest BCUT2D eigenvalue weighted by Crippen LogP contribution is -2.49. The molecule has 0 N–H and O–H groups in total. The number of hydrogen-bond acceptors (Lipinski definition) is 3. The first-order valence-electron chi connectivity index (χ1n) is 7.43. The Morgan fingerprint density at radius 2 is 1.85 bits per heavy atom. The maximum Gasteiger partial charge on any atom is 0.256 e. The smallest absolute Gasteiger partial charge is 0.256 e. The lowest BCUT2D eigenvalue weighted by molar-refractivity contribution is 0.140. The first-order chi connectivity index (χ1) is 9.66. The van der Waals surface area contributed by atoms with Gasteiger partial charge in [-0.15, -0.1) is 0 Å². The van der Waals surface area contributed by atoms with Crippen LogP contribution < -0.4 is 5.56 Å². The van der Waals surface area contributed by atoms with Crippen molar-refractivity contribution in [2.45, 2.75) is 31.7 Å². The molecule has 4 rings (SSSR count). The number of rotatable bonds is 1. The molecule has 3 heterocycles. The predicted molar refractivity (Wildman–Crippen MR) is 78.2 cm³/mol. The van der Waals surface area contributed by atoms with Crippen LogP contribution in [-0.4, -0.2) is 39.4 Å². The Balaban J connectivity index is 2.04. The van der Waals surface area contributed by atoms with Crippen molar-refractivity contribution in [3.8, 4) is 0 Å². The Labute approximate surface area is 117 Å². The van der Waals surface area contributed by atoms with Crippen molar-refractivity contribution in [2.24, 2.45) is 7.05 Å². The van der Waals surface area contributed by atoms with Crippen LogP contribution in [0.1, 0.15) is 30.0 Å². The highest BCUT2D eigenvalue weighted by molar-refractivity contribution is 5.81. The van der Waals surface area contributed by atoms with E-state index in [4.69, 9.17) is 0 Å². The zero-order valence-corrected chi connectivity index (χ0v) is 12.1. The van der Waals surface area contributed by atoms with Gasteiger partial charge in [0, 0.05) is 31.1 Å². The zero-order chi connectivity index (χ0) is 13.9. The third kappa shape index (κ3) is 1.53. The molecule has 0 saturated carbocycles. The molecule has 0 bridgehead atoms. The predicted octanol–water partition coefficient (Wildman–Crippen LogP) is 1.10. The van der Waals surface area contributed by atoms with E-state index in [1.165, 1.54) is 17.4 Å². The van der Waals surface area contributed by atoms with Crippen LogP contribution >= 0.6 is 0 Å². The van der Waals surface area contributed by atoms with E-state index in [0.717, 1.165) is 43.6 Å². The van der Waals surface area contributed by atoms with Crippen molar-refractivity contribution in [3.05, 3.63) is 27.7 Å². The van der Waals surface area contributed by atoms with Crippen LogP contribution in [-0.2, 0) is 19.9 Å². The molecule has 20 heavy (non-hydrogen) atoms. The summed E-state index contributed by atoms with van der Waals surface area (Å²) in [6.45, 7) is 1.91. The first kappa shape index (κ1) is 12.1. The molecule has 0 amide bonds. The molecular formula is C15H20N4O. The van der Waals surface area contributed by atoms with Gasteiger partial charge in [0.1, 0.15) is 5.65 Å². The van der Waals surface area contributed by atoms with Crippen molar-refractivity contribution >= 4 is 11.0 Å². The molecule has 5 heteroatoms. The largest absolute Gasteiger partial charge is 0.302 e. The number of aryl methyl sites for hydroxylation is 2. The summed E-state index contributed by atoms with van der Waals surface area (Å²) >= 11 is 0. The molecule has 0 spiro atoms. The van der Waals surface area contributed by atoms with Gasteiger partial charge in [0.2, 0.25) is 0 Å². The average Bonchev–Trinajstić information content (AvgIpc) is 2.79. The molecule has 2 aliphatic rings. The molecule has 2 aromatic heterocycles. The second kappa shape index (κ2) is 4.19. The van der Waals surface area contributed by atoms with Gasteiger partial charge < -0.3 is 4.90 Å². The molecule has 106 valence electrons.